The van der Waals surface area contributed by atoms with Gasteiger partial charge in [-0.1, -0.05) is 18.2 Å². The average Bonchev–Trinajstić information content (AvgIpc) is 2.68. The van der Waals surface area contributed by atoms with Crippen molar-refractivity contribution in [2.45, 2.75) is 25.5 Å². The highest BCUT2D eigenvalue weighted by molar-refractivity contribution is 5.78. The van der Waals surface area contributed by atoms with Gasteiger partial charge in [0.2, 0.25) is 0 Å². The van der Waals surface area contributed by atoms with Gasteiger partial charge in [0.1, 0.15) is 17.3 Å². The molecule has 7 heteroatoms. The highest BCUT2D eigenvalue weighted by atomic mass is 19.1. The molecule has 0 bridgehead atoms. The minimum absolute atomic E-state index is 0.0705. The summed E-state index contributed by atoms with van der Waals surface area (Å²) in [7, 11) is 0. The van der Waals surface area contributed by atoms with Crippen LogP contribution in [-0.4, -0.2) is 25.9 Å². The van der Waals surface area contributed by atoms with Crippen molar-refractivity contribution in [1.82, 2.24) is 5.32 Å². The third kappa shape index (κ3) is 3.98. The fourth-order valence-electron chi connectivity index (χ4n) is 3.46. The Morgan fingerprint density at radius 2 is 2.15 bits per heavy atom. The smallest absolute Gasteiger partial charge is 0.189 e. The first-order valence-electron chi connectivity index (χ1n) is 9.01. The second kappa shape index (κ2) is 7.84. The first-order chi connectivity index (χ1) is 13.2. The minimum Gasteiger partial charge on any atom is -0.493 e. The van der Waals surface area contributed by atoms with E-state index in [-0.39, 0.29) is 18.7 Å². The van der Waals surface area contributed by atoms with Crippen molar-refractivity contribution in [3.05, 3.63) is 58.9 Å². The zero-order valence-electron chi connectivity index (χ0n) is 14.9. The van der Waals surface area contributed by atoms with Crippen molar-refractivity contribution < 1.29 is 18.6 Å². The number of fused-ring (bicyclic) bond motifs is 2. The monoisotopic (exact) mass is 371 g/mol. The number of nitrogens with zero attached hydrogens (tertiary/aromatic N) is 1. The number of ether oxygens (including phenoxy) is 3. The van der Waals surface area contributed by atoms with E-state index < -0.39 is 0 Å². The maximum atomic E-state index is 13.8. The van der Waals surface area contributed by atoms with Crippen molar-refractivity contribution in [2.75, 3.05) is 19.9 Å². The fraction of sp³-hybridized carbons (Fsp3) is 0.350. The highest BCUT2D eigenvalue weighted by Gasteiger charge is 2.21. The summed E-state index contributed by atoms with van der Waals surface area (Å²) in [6.07, 6.45) is 1.35. The molecule has 2 aromatic carbocycles. The molecular formula is C20H22FN3O3. The third-order valence-electron chi connectivity index (χ3n) is 4.70. The van der Waals surface area contributed by atoms with E-state index in [1.807, 2.05) is 24.3 Å². The molecule has 2 heterocycles. The molecule has 2 aromatic rings. The number of benzene rings is 2. The quantitative estimate of drug-likeness (QED) is 0.638. The van der Waals surface area contributed by atoms with Crippen molar-refractivity contribution in [2.24, 2.45) is 10.7 Å². The Morgan fingerprint density at radius 3 is 3.07 bits per heavy atom. The summed E-state index contributed by atoms with van der Waals surface area (Å²) in [5.74, 6) is 1.64. The van der Waals surface area contributed by atoms with Crippen LogP contribution in [0.25, 0.3) is 0 Å². The Morgan fingerprint density at radius 1 is 1.26 bits per heavy atom. The number of hydrogen-bond acceptors (Lipinski definition) is 4. The second-order valence-electron chi connectivity index (χ2n) is 6.55. The zero-order valence-corrected chi connectivity index (χ0v) is 14.9. The van der Waals surface area contributed by atoms with E-state index in [0.29, 0.717) is 37.9 Å². The number of para-hydroxylation sites is 1. The summed E-state index contributed by atoms with van der Waals surface area (Å²) in [6, 6.07) is 10.9. The van der Waals surface area contributed by atoms with E-state index in [1.54, 1.807) is 0 Å². The van der Waals surface area contributed by atoms with Crippen LogP contribution in [0.5, 0.6) is 11.5 Å². The predicted octanol–water partition coefficient (Wildman–Crippen LogP) is 2.66. The van der Waals surface area contributed by atoms with E-state index in [0.717, 1.165) is 28.9 Å². The molecule has 0 aliphatic carbocycles. The Labute approximate surface area is 157 Å². The van der Waals surface area contributed by atoms with E-state index >= 15 is 0 Å². The first-order valence-corrected chi connectivity index (χ1v) is 9.01. The van der Waals surface area contributed by atoms with Gasteiger partial charge in [-0.25, -0.2) is 4.39 Å². The van der Waals surface area contributed by atoms with Crippen LogP contribution in [-0.2, 0) is 17.8 Å². The molecular weight excluding hydrogens is 349 g/mol. The normalized spacial score (nSPS) is 18.7. The van der Waals surface area contributed by atoms with Crippen molar-refractivity contribution in [1.29, 1.82) is 0 Å². The molecule has 2 aliphatic rings. The maximum Gasteiger partial charge on any atom is 0.189 e. The van der Waals surface area contributed by atoms with E-state index in [4.69, 9.17) is 19.9 Å². The maximum absolute atomic E-state index is 13.8. The molecule has 4 rings (SSSR count). The van der Waals surface area contributed by atoms with Gasteiger partial charge in [0.05, 0.1) is 19.3 Å². The first kappa shape index (κ1) is 17.6. The summed E-state index contributed by atoms with van der Waals surface area (Å²) in [5, 5.41) is 3.26. The second-order valence-corrected chi connectivity index (χ2v) is 6.55. The highest BCUT2D eigenvalue weighted by Crippen LogP contribution is 2.31. The summed E-state index contributed by atoms with van der Waals surface area (Å²) < 4.78 is 30.2. The van der Waals surface area contributed by atoms with Crippen LogP contribution in [0.3, 0.4) is 0 Å². The molecule has 0 saturated carbocycles. The van der Waals surface area contributed by atoms with Gasteiger partial charge in [-0.2, -0.15) is 0 Å². The molecule has 0 fully saturated rings. The van der Waals surface area contributed by atoms with Crippen LogP contribution in [0.15, 0.2) is 41.4 Å². The summed E-state index contributed by atoms with van der Waals surface area (Å²) >= 11 is 0. The molecule has 0 aromatic heterocycles. The molecule has 142 valence electrons. The van der Waals surface area contributed by atoms with Crippen molar-refractivity contribution in [3.8, 4) is 11.5 Å². The number of nitrogens with one attached hydrogen (secondary N) is 1. The van der Waals surface area contributed by atoms with Crippen LogP contribution in [0.2, 0.25) is 0 Å². The topological polar surface area (TPSA) is 78.1 Å². The number of rotatable bonds is 4. The van der Waals surface area contributed by atoms with Crippen LogP contribution in [0, 0.1) is 5.82 Å². The van der Waals surface area contributed by atoms with Crippen molar-refractivity contribution >= 4 is 5.96 Å². The van der Waals surface area contributed by atoms with Gasteiger partial charge in [-0.05, 0) is 30.2 Å². The molecule has 1 atom stereocenters. The number of nitrogens with two attached hydrogens (primary N) is 1. The lowest BCUT2D eigenvalue weighted by atomic mass is 10.0. The summed E-state index contributed by atoms with van der Waals surface area (Å²) in [4.78, 5) is 4.40. The molecule has 6 nitrogen and oxygen atoms in total. The average molecular weight is 371 g/mol. The molecule has 0 spiro atoms. The van der Waals surface area contributed by atoms with Gasteiger partial charge < -0.3 is 25.3 Å². The SMILES string of the molecule is NC(=NCCc1cc(F)cc2c1OCOC2)NC1CCOc2ccccc21. The Bertz CT molecular complexity index is 856. The van der Waals surface area contributed by atoms with Gasteiger partial charge in [0.25, 0.3) is 0 Å². The molecule has 0 radical (unpaired) electrons. The lowest BCUT2D eigenvalue weighted by molar-refractivity contribution is -0.0172. The number of hydrogen-bond donors (Lipinski definition) is 2. The predicted molar refractivity (Wildman–Crippen MR) is 99.3 cm³/mol. The Kier molecular flexibility index (Phi) is 5.11. The number of guanidine groups is 1. The molecule has 27 heavy (non-hydrogen) atoms. The van der Waals surface area contributed by atoms with Gasteiger partial charge in [0.15, 0.2) is 12.8 Å². The summed E-state index contributed by atoms with van der Waals surface area (Å²) in [5.41, 5.74) is 8.65. The molecule has 3 N–H and O–H groups in total. The molecule has 0 saturated heterocycles. The number of halogens is 1. The molecule has 2 aliphatic heterocycles. The largest absolute Gasteiger partial charge is 0.493 e. The lowest BCUT2D eigenvalue weighted by Gasteiger charge is -2.27. The van der Waals surface area contributed by atoms with Crippen LogP contribution in [0.4, 0.5) is 4.39 Å². The standard InChI is InChI=1S/C20H22FN3O3/c21-15-9-13(19-14(10-15)11-25-12-27-19)5-7-23-20(22)24-17-6-8-26-18-4-2-1-3-16(17)18/h1-4,9-10,17H,5-8,11-12H2,(H3,22,23,24). The molecule has 1 unspecified atom stereocenters. The van der Waals surface area contributed by atoms with E-state index in [1.165, 1.54) is 12.1 Å². The van der Waals surface area contributed by atoms with Crippen molar-refractivity contribution in [3.63, 3.8) is 0 Å². The molecule has 0 amide bonds. The van der Waals surface area contributed by atoms with Crippen LogP contribution in [0.1, 0.15) is 29.2 Å². The summed E-state index contributed by atoms with van der Waals surface area (Å²) in [6.45, 7) is 1.61. The van der Waals surface area contributed by atoms with Crippen LogP contribution < -0.4 is 20.5 Å². The fourth-order valence-corrected chi connectivity index (χ4v) is 3.46. The van der Waals surface area contributed by atoms with Gasteiger partial charge >= 0.3 is 0 Å². The lowest BCUT2D eigenvalue weighted by Crippen LogP contribution is -2.37. The van der Waals surface area contributed by atoms with E-state index in [2.05, 4.69) is 10.3 Å². The van der Waals surface area contributed by atoms with Crippen LogP contribution >= 0.6 is 0 Å². The van der Waals surface area contributed by atoms with Gasteiger partial charge in [-0.15, -0.1) is 0 Å². The number of aliphatic imine (C=N–C) groups is 1. The van der Waals surface area contributed by atoms with E-state index in [9.17, 15) is 4.39 Å². The van der Waals surface area contributed by atoms with Gasteiger partial charge in [-0.3, -0.25) is 4.99 Å². The minimum atomic E-state index is -0.299. The van der Waals surface area contributed by atoms with Gasteiger partial charge in [0, 0.05) is 24.1 Å². The Hall–Kier alpha value is -2.80. The zero-order chi connectivity index (χ0) is 18.6. The third-order valence-corrected chi connectivity index (χ3v) is 4.70. The Balaban J connectivity index is 1.40.